The minimum absolute atomic E-state index is 0.197. The van der Waals surface area contributed by atoms with Gasteiger partial charge in [0.25, 0.3) is 0 Å². The summed E-state index contributed by atoms with van der Waals surface area (Å²) in [5.41, 5.74) is 20.3. The minimum atomic E-state index is 0.197. The van der Waals surface area contributed by atoms with Gasteiger partial charge in [0.05, 0.1) is 5.57 Å². The van der Waals surface area contributed by atoms with Crippen LogP contribution in [-0.4, -0.2) is 22.2 Å². The number of unbranched alkanes of at least 4 members (excludes halogenated alkanes) is 54. The molecule has 586 valence electrons. The van der Waals surface area contributed by atoms with Gasteiger partial charge >= 0.3 is 175 Å². The van der Waals surface area contributed by atoms with E-state index < -0.39 is 0 Å². The molecule has 0 N–H and O–H groups in total. The topological polar surface area (TPSA) is 70.5 Å². The van der Waals surface area contributed by atoms with E-state index >= 15 is 0 Å². The van der Waals surface area contributed by atoms with Crippen molar-refractivity contribution in [3.05, 3.63) is 86.5 Å². The van der Waals surface area contributed by atoms with Crippen LogP contribution in [0.4, 0.5) is 0 Å². The van der Waals surface area contributed by atoms with Crippen molar-refractivity contribution in [3.63, 3.8) is 0 Å². The molecule has 0 fully saturated rings. The Morgan fingerprint density at radius 3 is 0.822 bits per heavy atom. The molecule has 0 aliphatic rings. The third-order valence-electron chi connectivity index (χ3n) is 21.5. The van der Waals surface area contributed by atoms with Gasteiger partial charge in [-0.1, -0.05) is 310 Å². The second-order valence-electron chi connectivity index (χ2n) is 31.3. The van der Waals surface area contributed by atoms with Crippen LogP contribution in [0.25, 0.3) is 11.1 Å². The molecule has 2 aromatic carbocycles. The van der Waals surface area contributed by atoms with E-state index in [1.165, 1.54) is 363 Å². The average molecular weight is 1490 g/mol. The summed E-state index contributed by atoms with van der Waals surface area (Å²) < 4.78 is 0. The molecule has 0 aromatic heterocycles. The van der Waals surface area contributed by atoms with Crippen LogP contribution < -0.4 is 0 Å². The molecule has 0 aliphatic heterocycles. The molecular weight excluding hydrogens is 1320 g/mol. The Morgan fingerprint density at radius 2 is 0.535 bits per heavy atom. The van der Waals surface area contributed by atoms with Crippen molar-refractivity contribution in [2.24, 2.45) is 0 Å². The Morgan fingerprint density at radius 1 is 0.297 bits per heavy atom. The minimum Gasteiger partial charge on any atom is -0.0654 e. The van der Waals surface area contributed by atoms with Gasteiger partial charge in [-0.25, -0.2) is 0 Å². The fraction of sp³-hybridized carbons (Fsp3) is 0.812. The molecule has 2 rings (SSSR count). The van der Waals surface area contributed by atoms with Crippen molar-refractivity contribution < 1.29 is 32.4 Å². The van der Waals surface area contributed by atoms with Crippen LogP contribution in [0.3, 0.4) is 0 Å². The normalized spacial score (nSPS) is 11.6. The van der Waals surface area contributed by atoms with Crippen molar-refractivity contribution in [3.8, 4) is 0 Å². The van der Waals surface area contributed by atoms with E-state index in [0.717, 1.165) is 116 Å². The standard InChI is InChI=1S/C48H72N2O2.2C24H49.Pd/c1-7-13-17-19-20-23-27-42(37-50-49)47(28-24-18-14-8-2)48(43-31-38(25-21-15-9-3)29-39(32-43)26-22-16-10-4)44-33-40(35-45(51)11-5)30-41(34-44)36-46(52)12-6;2*1-3-5-7-9-11-13-15-17-19-21-23-24-22-20-18-16-14-12-10-8-6-4-2;/h29-34H,7-28,35-36H2,1-6H3;2*1,3-24H2,2H3;. The summed E-state index contributed by atoms with van der Waals surface area (Å²) in [7, 11) is 0. The molecule has 0 heterocycles. The number of hydrogen-bond acceptors (Lipinski definition) is 2. The SMILES string of the molecule is CCCCCCCCC(=C=[N+]=[N-])C(CCCCCC)=C(c1cc(CCCCC)cc(CCCCC)c1)c1cc(CC(=O)CC)cc(CC(=O)CC)c1.CCCCCCCCCCCCCCCCCCCCCCC[CH2][Pd][CH2]CCCCCCCCCCCCCCCCCCCCCCC. The second-order valence-corrected chi connectivity index (χ2v) is 33.7. The Bertz CT molecular complexity index is 2190. The molecule has 0 bridgehead atoms. The van der Waals surface area contributed by atoms with Gasteiger partial charge < -0.3 is 5.53 Å². The first-order valence-electron chi connectivity index (χ1n) is 45.2. The van der Waals surface area contributed by atoms with Crippen molar-refractivity contribution >= 4 is 23.0 Å². The fourth-order valence-corrected chi connectivity index (χ4v) is 16.8. The maximum absolute atomic E-state index is 12.9. The number of Topliss-reactive ketones (excluding diaryl/α,β-unsaturated/α-hetero) is 2. The number of hydrogen-bond donors (Lipinski definition) is 0. The molecule has 0 saturated heterocycles. The Hall–Kier alpha value is -2.66. The first kappa shape index (κ1) is 96.4. The molecule has 2 aromatic rings. The third kappa shape index (κ3) is 59.1. The molecule has 0 spiro atoms. The van der Waals surface area contributed by atoms with Crippen LogP contribution in [-0.2, 0) is 53.3 Å². The fourth-order valence-electron chi connectivity index (χ4n) is 14.9. The number of allylic oxidation sites excluding steroid dienone is 2. The number of carbonyl (C=O) groups is 2. The summed E-state index contributed by atoms with van der Waals surface area (Å²) in [4.78, 5) is 32.4. The summed E-state index contributed by atoms with van der Waals surface area (Å²) in [6, 6.07) is 13.7. The molecule has 0 saturated carbocycles. The van der Waals surface area contributed by atoms with E-state index in [2.05, 4.69) is 88.6 Å². The number of carbonyl (C=O) groups excluding carboxylic acids is 2. The van der Waals surface area contributed by atoms with Crippen LogP contribution in [0.2, 0.25) is 9.79 Å². The molecule has 0 aliphatic carbocycles. The zero-order valence-corrected chi connectivity index (χ0v) is 70.5. The molecule has 0 atom stereocenters. The van der Waals surface area contributed by atoms with Crippen LogP contribution in [0, 0.1) is 0 Å². The molecule has 4 nitrogen and oxygen atoms in total. The smallest absolute Gasteiger partial charge is 0.0654 e. The predicted octanol–water partition coefficient (Wildman–Crippen LogP) is 32.7. The average Bonchev–Trinajstić information content (AvgIpc) is 0.791. The van der Waals surface area contributed by atoms with Crippen molar-refractivity contribution in [1.82, 2.24) is 0 Å². The van der Waals surface area contributed by atoms with Crippen molar-refractivity contribution in [1.29, 1.82) is 0 Å². The van der Waals surface area contributed by atoms with Crippen molar-refractivity contribution in [2.45, 2.75) is 502 Å². The third-order valence-corrected chi connectivity index (χ3v) is 23.7. The zero-order valence-electron chi connectivity index (χ0n) is 69.0. The van der Waals surface area contributed by atoms with Gasteiger partial charge in [-0.2, -0.15) is 0 Å². The van der Waals surface area contributed by atoms with E-state index in [0.29, 0.717) is 25.7 Å². The van der Waals surface area contributed by atoms with Gasteiger partial charge in [0.1, 0.15) is 11.6 Å². The van der Waals surface area contributed by atoms with E-state index in [-0.39, 0.29) is 11.6 Å². The summed E-state index contributed by atoms with van der Waals surface area (Å²) in [6.45, 7) is 17.5. The van der Waals surface area contributed by atoms with Crippen LogP contribution in [0.5, 0.6) is 0 Å². The number of benzene rings is 2. The molecule has 101 heavy (non-hydrogen) atoms. The van der Waals surface area contributed by atoms with Crippen LogP contribution >= 0.6 is 0 Å². The quantitative estimate of drug-likeness (QED) is 0.0165. The molecular formula is C96H170N2O2Pd. The van der Waals surface area contributed by atoms with E-state index in [1.807, 2.05) is 13.8 Å². The van der Waals surface area contributed by atoms with Gasteiger partial charge in [0, 0.05) is 25.7 Å². The molecule has 0 amide bonds. The number of rotatable bonds is 75. The summed E-state index contributed by atoms with van der Waals surface area (Å²) in [6.07, 6.45) is 89.7. The molecule has 0 radical (unpaired) electrons. The Kier molecular flexibility index (Phi) is 72.1. The molecule has 0 unspecified atom stereocenters. The van der Waals surface area contributed by atoms with Gasteiger partial charge in [-0.3, -0.25) is 9.59 Å². The summed E-state index contributed by atoms with van der Waals surface area (Å²) in [5, 5.41) is 0. The number of nitrogens with zero attached hydrogens (tertiary/aromatic N) is 2. The van der Waals surface area contributed by atoms with E-state index in [9.17, 15) is 15.1 Å². The number of aryl methyl sites for hydroxylation is 2. The zero-order chi connectivity index (χ0) is 73.2. The van der Waals surface area contributed by atoms with Crippen LogP contribution in [0.15, 0.2) is 47.5 Å². The summed E-state index contributed by atoms with van der Waals surface area (Å²) >= 11 is 1.06. The predicted molar refractivity (Wildman–Crippen MR) is 446 cm³/mol. The van der Waals surface area contributed by atoms with E-state index in [1.54, 1.807) is 9.79 Å². The number of ketones is 2. The van der Waals surface area contributed by atoms with Crippen molar-refractivity contribution in [2.75, 3.05) is 0 Å². The summed E-state index contributed by atoms with van der Waals surface area (Å²) in [5.74, 6) is 3.50. The maximum atomic E-state index is 12.9. The second kappa shape index (κ2) is 75.6. The van der Waals surface area contributed by atoms with E-state index in [4.69, 9.17) is 0 Å². The Balaban J connectivity index is 0.00000101. The van der Waals surface area contributed by atoms with Crippen LogP contribution in [0.1, 0.15) is 500 Å². The molecule has 5 heteroatoms. The Labute approximate surface area is 639 Å². The van der Waals surface area contributed by atoms with Gasteiger partial charge in [-0.15, -0.1) is 4.79 Å². The monoisotopic (exact) mass is 1490 g/mol. The first-order chi connectivity index (χ1) is 49.7. The first-order valence-corrected chi connectivity index (χ1v) is 47.4. The van der Waals surface area contributed by atoms with Gasteiger partial charge in [0.15, 0.2) is 0 Å². The van der Waals surface area contributed by atoms with Gasteiger partial charge in [0.2, 0.25) is 0 Å². The van der Waals surface area contributed by atoms with Gasteiger partial charge in [-0.05, 0) is 95.9 Å².